The SMILES string of the molecule is CN(N)/C(=N\N)NC(=O)c1ccc(Cl)nc1-n1cncn1. The number of nitrogens with one attached hydrogen (secondary N) is 1. The first-order chi connectivity index (χ1) is 10.0. The monoisotopic (exact) mass is 309 g/mol. The Labute approximate surface area is 124 Å². The van der Waals surface area contributed by atoms with E-state index in [1.54, 1.807) is 0 Å². The van der Waals surface area contributed by atoms with Crippen molar-refractivity contribution in [3.05, 3.63) is 35.5 Å². The Balaban J connectivity index is 2.38. The van der Waals surface area contributed by atoms with Crippen LogP contribution in [0.25, 0.3) is 5.82 Å². The highest BCUT2D eigenvalue weighted by atomic mass is 35.5. The number of hydrazine groups is 1. The number of hydrazone groups is 1. The fourth-order valence-corrected chi connectivity index (χ4v) is 1.62. The van der Waals surface area contributed by atoms with Gasteiger partial charge in [-0.05, 0) is 12.1 Å². The molecule has 2 aromatic heterocycles. The van der Waals surface area contributed by atoms with Crippen LogP contribution in [0.5, 0.6) is 0 Å². The summed E-state index contributed by atoms with van der Waals surface area (Å²) in [6.45, 7) is 0. The first kappa shape index (κ1) is 14.7. The average Bonchev–Trinajstić information content (AvgIpc) is 2.98. The first-order valence-corrected chi connectivity index (χ1v) is 6.00. The summed E-state index contributed by atoms with van der Waals surface area (Å²) in [4.78, 5) is 20.1. The molecular weight excluding hydrogens is 298 g/mol. The minimum absolute atomic E-state index is 0.0144. The maximum absolute atomic E-state index is 12.3. The summed E-state index contributed by atoms with van der Waals surface area (Å²) in [6.07, 6.45) is 2.70. The van der Waals surface area contributed by atoms with E-state index in [9.17, 15) is 4.79 Å². The van der Waals surface area contributed by atoms with Crippen molar-refractivity contribution in [3.63, 3.8) is 0 Å². The Bertz CT molecular complexity index is 667. The second-order valence-corrected chi connectivity index (χ2v) is 4.25. The normalized spacial score (nSPS) is 11.3. The standard InChI is InChI=1S/C10H12ClN9O/c1-19(13)10(18-12)17-9(21)6-2-3-7(11)16-8(6)20-5-14-4-15-20/h2-5H,12-13H2,1H3,(H,17,18,21). The number of carbonyl (C=O) groups excluding carboxylic acids is 1. The molecule has 110 valence electrons. The molecule has 2 aromatic rings. The van der Waals surface area contributed by atoms with Gasteiger partial charge in [0.1, 0.15) is 17.8 Å². The predicted octanol–water partition coefficient (Wildman–Crippen LogP) is -0.919. The van der Waals surface area contributed by atoms with Gasteiger partial charge < -0.3 is 5.84 Å². The average molecular weight is 310 g/mol. The van der Waals surface area contributed by atoms with Gasteiger partial charge in [0.2, 0.25) is 5.96 Å². The van der Waals surface area contributed by atoms with E-state index in [-0.39, 0.29) is 22.5 Å². The molecule has 2 heterocycles. The van der Waals surface area contributed by atoms with Crippen molar-refractivity contribution in [3.8, 4) is 5.82 Å². The van der Waals surface area contributed by atoms with Gasteiger partial charge in [-0.1, -0.05) is 11.6 Å². The van der Waals surface area contributed by atoms with E-state index in [1.807, 2.05) is 0 Å². The van der Waals surface area contributed by atoms with Crippen molar-refractivity contribution < 1.29 is 4.79 Å². The molecule has 10 nitrogen and oxygen atoms in total. The van der Waals surface area contributed by atoms with Gasteiger partial charge in [0.15, 0.2) is 5.82 Å². The molecule has 0 spiro atoms. The van der Waals surface area contributed by atoms with Crippen molar-refractivity contribution in [1.29, 1.82) is 0 Å². The lowest BCUT2D eigenvalue weighted by atomic mass is 10.2. The van der Waals surface area contributed by atoms with Gasteiger partial charge in [-0.2, -0.15) is 5.10 Å². The van der Waals surface area contributed by atoms with E-state index in [4.69, 9.17) is 23.3 Å². The smallest absolute Gasteiger partial charge is 0.261 e. The third-order valence-electron chi connectivity index (χ3n) is 2.40. The van der Waals surface area contributed by atoms with Crippen LogP contribution in [0.2, 0.25) is 5.15 Å². The van der Waals surface area contributed by atoms with Crippen LogP contribution < -0.4 is 17.0 Å². The van der Waals surface area contributed by atoms with Crippen LogP contribution >= 0.6 is 11.6 Å². The topological polar surface area (TPSA) is 140 Å². The number of aromatic nitrogens is 4. The highest BCUT2D eigenvalue weighted by molar-refractivity contribution is 6.29. The van der Waals surface area contributed by atoms with Gasteiger partial charge >= 0.3 is 0 Å². The lowest BCUT2D eigenvalue weighted by Crippen LogP contribution is -2.46. The molecule has 0 saturated carbocycles. The van der Waals surface area contributed by atoms with Crippen LogP contribution in [0, 0.1) is 0 Å². The van der Waals surface area contributed by atoms with Gasteiger partial charge in [-0.25, -0.2) is 20.5 Å². The van der Waals surface area contributed by atoms with Crippen LogP contribution in [0.15, 0.2) is 29.9 Å². The number of nitrogens with zero attached hydrogens (tertiary/aromatic N) is 6. The van der Waals surface area contributed by atoms with Gasteiger partial charge in [0, 0.05) is 7.05 Å². The van der Waals surface area contributed by atoms with Crippen molar-refractivity contribution in [1.82, 2.24) is 30.1 Å². The Morgan fingerprint density at radius 3 is 2.86 bits per heavy atom. The lowest BCUT2D eigenvalue weighted by molar-refractivity contribution is 0.0972. The summed E-state index contributed by atoms with van der Waals surface area (Å²) < 4.78 is 1.31. The molecule has 1 amide bonds. The second kappa shape index (κ2) is 6.15. The van der Waals surface area contributed by atoms with Gasteiger partial charge in [0.25, 0.3) is 5.91 Å². The van der Waals surface area contributed by atoms with Gasteiger partial charge in [-0.15, -0.1) is 5.10 Å². The quantitative estimate of drug-likeness (QED) is 0.214. The Morgan fingerprint density at radius 2 is 2.29 bits per heavy atom. The Morgan fingerprint density at radius 1 is 1.52 bits per heavy atom. The fourth-order valence-electron chi connectivity index (χ4n) is 1.48. The zero-order chi connectivity index (χ0) is 15.4. The van der Waals surface area contributed by atoms with E-state index in [2.05, 4.69) is 25.5 Å². The Kier molecular flexibility index (Phi) is 4.30. The van der Waals surface area contributed by atoms with E-state index in [0.717, 1.165) is 5.01 Å². The first-order valence-electron chi connectivity index (χ1n) is 5.62. The van der Waals surface area contributed by atoms with E-state index in [1.165, 1.54) is 36.5 Å². The highest BCUT2D eigenvalue weighted by Crippen LogP contribution is 2.14. The molecular formula is C10H12ClN9O. The summed E-state index contributed by atoms with van der Waals surface area (Å²) in [5, 5.41) is 11.0. The largest absolute Gasteiger partial charge is 0.320 e. The fraction of sp³-hybridized carbons (Fsp3) is 0.100. The predicted molar refractivity (Wildman–Crippen MR) is 75.2 cm³/mol. The van der Waals surface area contributed by atoms with Crippen LogP contribution in [-0.4, -0.2) is 43.7 Å². The van der Waals surface area contributed by atoms with E-state index < -0.39 is 5.91 Å². The summed E-state index contributed by atoms with van der Waals surface area (Å²) >= 11 is 5.85. The van der Waals surface area contributed by atoms with Gasteiger partial charge in [0.05, 0.1) is 5.56 Å². The molecule has 2 rings (SSSR count). The number of carbonyl (C=O) groups is 1. The molecule has 0 aliphatic heterocycles. The van der Waals surface area contributed by atoms with Crippen LogP contribution in [-0.2, 0) is 0 Å². The molecule has 0 bridgehead atoms. The maximum Gasteiger partial charge on any atom is 0.261 e. The molecule has 0 aromatic carbocycles. The van der Waals surface area contributed by atoms with E-state index >= 15 is 0 Å². The van der Waals surface area contributed by atoms with Crippen molar-refractivity contribution in [2.75, 3.05) is 7.05 Å². The highest BCUT2D eigenvalue weighted by Gasteiger charge is 2.18. The minimum Gasteiger partial charge on any atom is -0.320 e. The van der Waals surface area contributed by atoms with E-state index in [0.29, 0.717) is 0 Å². The van der Waals surface area contributed by atoms with Crippen LogP contribution in [0.4, 0.5) is 0 Å². The summed E-state index contributed by atoms with van der Waals surface area (Å²) in [5.74, 6) is 10.3. The van der Waals surface area contributed by atoms with Crippen molar-refractivity contribution in [2.24, 2.45) is 16.8 Å². The molecule has 0 atom stereocenters. The summed E-state index contributed by atoms with van der Waals surface area (Å²) in [6, 6.07) is 2.97. The molecule has 5 N–H and O–H groups in total. The number of amides is 1. The molecule has 0 saturated heterocycles. The second-order valence-electron chi connectivity index (χ2n) is 3.86. The lowest BCUT2D eigenvalue weighted by Gasteiger charge is -2.15. The molecule has 11 heteroatoms. The number of guanidine groups is 1. The third-order valence-corrected chi connectivity index (χ3v) is 2.61. The molecule has 21 heavy (non-hydrogen) atoms. The minimum atomic E-state index is -0.522. The third kappa shape index (κ3) is 3.24. The number of rotatable bonds is 2. The molecule has 0 radical (unpaired) electrons. The number of hydrogen-bond acceptors (Lipinski definition) is 7. The zero-order valence-electron chi connectivity index (χ0n) is 10.9. The maximum atomic E-state index is 12.3. The number of pyridine rings is 1. The van der Waals surface area contributed by atoms with Crippen molar-refractivity contribution in [2.45, 2.75) is 0 Å². The molecule has 0 fully saturated rings. The number of hydrogen-bond donors (Lipinski definition) is 3. The molecule has 0 aliphatic rings. The summed E-state index contributed by atoms with van der Waals surface area (Å²) in [7, 11) is 1.48. The Hall–Kier alpha value is -2.72. The van der Waals surface area contributed by atoms with Crippen molar-refractivity contribution >= 4 is 23.5 Å². The number of nitrogens with two attached hydrogens (primary N) is 2. The van der Waals surface area contributed by atoms with Crippen LogP contribution in [0.3, 0.4) is 0 Å². The molecule has 0 unspecified atom stereocenters. The van der Waals surface area contributed by atoms with Gasteiger partial charge in [-0.3, -0.25) is 15.1 Å². The number of halogens is 1. The zero-order valence-corrected chi connectivity index (χ0v) is 11.7. The molecule has 0 aliphatic carbocycles. The van der Waals surface area contributed by atoms with Crippen LogP contribution in [0.1, 0.15) is 10.4 Å². The summed E-state index contributed by atoms with van der Waals surface area (Å²) in [5.41, 5.74) is 0.202.